The SMILES string of the molecule is CC(C)Nc1ccc(CC(N)C(=O)O)cc1. The van der Waals surface area contributed by atoms with Gasteiger partial charge in [-0.1, -0.05) is 12.1 Å². The Kier molecular flexibility index (Phi) is 4.31. The van der Waals surface area contributed by atoms with Crippen LogP contribution in [-0.2, 0) is 11.2 Å². The summed E-state index contributed by atoms with van der Waals surface area (Å²) in [5.41, 5.74) is 7.42. The largest absolute Gasteiger partial charge is 0.480 e. The molecule has 0 heterocycles. The lowest BCUT2D eigenvalue weighted by Crippen LogP contribution is -2.32. The third-order valence-corrected chi connectivity index (χ3v) is 2.18. The van der Waals surface area contributed by atoms with Crippen LogP contribution in [-0.4, -0.2) is 23.2 Å². The van der Waals surface area contributed by atoms with Gasteiger partial charge in [0.2, 0.25) is 0 Å². The van der Waals surface area contributed by atoms with Crippen molar-refractivity contribution < 1.29 is 9.90 Å². The minimum absolute atomic E-state index is 0.358. The number of aliphatic carboxylic acids is 1. The van der Waals surface area contributed by atoms with Gasteiger partial charge in [-0.2, -0.15) is 0 Å². The zero-order valence-corrected chi connectivity index (χ0v) is 9.60. The minimum atomic E-state index is -0.968. The Balaban J connectivity index is 2.61. The predicted molar refractivity (Wildman–Crippen MR) is 64.5 cm³/mol. The first kappa shape index (κ1) is 12.5. The molecule has 0 fully saturated rings. The summed E-state index contributed by atoms with van der Waals surface area (Å²) in [6.45, 7) is 4.13. The van der Waals surface area contributed by atoms with Crippen LogP contribution in [0.2, 0.25) is 0 Å². The third-order valence-electron chi connectivity index (χ3n) is 2.18. The van der Waals surface area contributed by atoms with E-state index in [1.54, 1.807) is 0 Å². The molecule has 0 bridgehead atoms. The zero-order valence-electron chi connectivity index (χ0n) is 9.60. The molecule has 0 saturated heterocycles. The number of nitrogens with two attached hydrogens (primary N) is 1. The van der Waals surface area contributed by atoms with Gasteiger partial charge < -0.3 is 16.2 Å². The van der Waals surface area contributed by atoms with E-state index in [2.05, 4.69) is 19.2 Å². The first-order chi connectivity index (χ1) is 7.49. The highest BCUT2D eigenvalue weighted by atomic mass is 16.4. The molecule has 4 nitrogen and oxygen atoms in total. The summed E-state index contributed by atoms with van der Waals surface area (Å²) in [5, 5.41) is 11.9. The van der Waals surface area contributed by atoms with E-state index in [4.69, 9.17) is 10.8 Å². The van der Waals surface area contributed by atoms with Crippen molar-refractivity contribution in [2.75, 3.05) is 5.32 Å². The summed E-state index contributed by atoms with van der Waals surface area (Å²) in [4.78, 5) is 10.6. The normalized spacial score (nSPS) is 12.5. The smallest absolute Gasteiger partial charge is 0.320 e. The van der Waals surface area contributed by atoms with Gasteiger partial charge in [-0.25, -0.2) is 0 Å². The van der Waals surface area contributed by atoms with Gasteiger partial charge in [0.05, 0.1) is 0 Å². The molecule has 0 spiro atoms. The average molecular weight is 222 g/mol. The Hall–Kier alpha value is -1.55. The van der Waals surface area contributed by atoms with Crippen LogP contribution in [0.3, 0.4) is 0 Å². The van der Waals surface area contributed by atoms with Gasteiger partial charge in [0.15, 0.2) is 0 Å². The van der Waals surface area contributed by atoms with Crippen LogP contribution in [0.4, 0.5) is 5.69 Å². The number of hydrogen-bond donors (Lipinski definition) is 3. The van der Waals surface area contributed by atoms with E-state index < -0.39 is 12.0 Å². The van der Waals surface area contributed by atoms with Crippen LogP contribution < -0.4 is 11.1 Å². The van der Waals surface area contributed by atoms with Crippen molar-refractivity contribution in [2.24, 2.45) is 5.73 Å². The van der Waals surface area contributed by atoms with Gasteiger partial charge >= 0.3 is 5.97 Å². The number of carboxylic acid groups (broad SMARTS) is 1. The van der Waals surface area contributed by atoms with E-state index in [0.29, 0.717) is 12.5 Å². The lowest BCUT2D eigenvalue weighted by molar-refractivity contribution is -0.138. The first-order valence-corrected chi connectivity index (χ1v) is 5.33. The molecule has 0 aliphatic carbocycles. The van der Waals surface area contributed by atoms with Gasteiger partial charge in [-0.3, -0.25) is 4.79 Å². The summed E-state index contributed by atoms with van der Waals surface area (Å²) in [7, 11) is 0. The van der Waals surface area contributed by atoms with Crippen molar-refractivity contribution in [3.8, 4) is 0 Å². The van der Waals surface area contributed by atoms with Crippen molar-refractivity contribution >= 4 is 11.7 Å². The van der Waals surface area contributed by atoms with Crippen LogP contribution in [0, 0.1) is 0 Å². The summed E-state index contributed by atoms with van der Waals surface area (Å²) >= 11 is 0. The highest BCUT2D eigenvalue weighted by Crippen LogP contribution is 2.11. The molecule has 1 rings (SSSR count). The number of carbonyl (C=O) groups is 1. The van der Waals surface area contributed by atoms with Crippen molar-refractivity contribution in [2.45, 2.75) is 32.4 Å². The molecular weight excluding hydrogens is 204 g/mol. The van der Waals surface area contributed by atoms with Crippen LogP contribution in [0.15, 0.2) is 24.3 Å². The molecule has 1 aromatic rings. The number of hydrogen-bond acceptors (Lipinski definition) is 3. The van der Waals surface area contributed by atoms with Gasteiger partial charge in [0.25, 0.3) is 0 Å². The third kappa shape index (κ3) is 3.90. The fraction of sp³-hybridized carbons (Fsp3) is 0.417. The summed E-state index contributed by atoms with van der Waals surface area (Å²) in [5.74, 6) is -0.968. The van der Waals surface area contributed by atoms with E-state index in [1.165, 1.54) is 0 Å². The van der Waals surface area contributed by atoms with Crippen LogP contribution in [0.25, 0.3) is 0 Å². The van der Waals surface area contributed by atoms with Crippen molar-refractivity contribution in [3.63, 3.8) is 0 Å². The molecule has 88 valence electrons. The first-order valence-electron chi connectivity index (χ1n) is 5.33. The Morgan fingerprint density at radius 3 is 2.38 bits per heavy atom. The number of carboxylic acids is 1. The molecule has 0 saturated carbocycles. The molecule has 16 heavy (non-hydrogen) atoms. The maximum Gasteiger partial charge on any atom is 0.320 e. The zero-order chi connectivity index (χ0) is 12.1. The van der Waals surface area contributed by atoms with E-state index in [-0.39, 0.29) is 0 Å². The number of benzene rings is 1. The van der Waals surface area contributed by atoms with Crippen LogP contribution in [0.5, 0.6) is 0 Å². The van der Waals surface area contributed by atoms with E-state index in [0.717, 1.165) is 11.3 Å². The maximum atomic E-state index is 10.6. The molecule has 1 atom stereocenters. The molecule has 0 radical (unpaired) electrons. The standard InChI is InChI=1S/C12H18N2O2/c1-8(2)14-10-5-3-9(4-6-10)7-11(13)12(15)16/h3-6,8,11,14H,7,13H2,1-2H3,(H,15,16). The van der Waals surface area contributed by atoms with Gasteiger partial charge in [-0.05, 0) is 38.0 Å². The molecular formula is C12H18N2O2. The highest BCUT2D eigenvalue weighted by molar-refractivity contribution is 5.73. The Morgan fingerprint density at radius 1 is 1.38 bits per heavy atom. The van der Waals surface area contributed by atoms with Gasteiger partial charge in [0.1, 0.15) is 6.04 Å². The molecule has 4 heteroatoms. The Bertz CT molecular complexity index is 347. The van der Waals surface area contributed by atoms with Crippen molar-refractivity contribution in [3.05, 3.63) is 29.8 Å². The van der Waals surface area contributed by atoms with Gasteiger partial charge in [0, 0.05) is 11.7 Å². The quantitative estimate of drug-likeness (QED) is 0.705. The lowest BCUT2D eigenvalue weighted by atomic mass is 10.1. The summed E-state index contributed by atoms with van der Waals surface area (Å²) < 4.78 is 0. The number of nitrogens with one attached hydrogen (secondary N) is 1. The lowest BCUT2D eigenvalue weighted by Gasteiger charge is -2.11. The highest BCUT2D eigenvalue weighted by Gasteiger charge is 2.11. The minimum Gasteiger partial charge on any atom is -0.480 e. The van der Waals surface area contributed by atoms with Crippen molar-refractivity contribution in [1.29, 1.82) is 0 Å². The molecule has 4 N–H and O–H groups in total. The Morgan fingerprint density at radius 2 is 1.94 bits per heavy atom. The monoisotopic (exact) mass is 222 g/mol. The summed E-state index contributed by atoms with van der Waals surface area (Å²) in [6, 6.07) is 7.21. The number of anilines is 1. The molecule has 0 aliphatic heterocycles. The fourth-order valence-electron chi connectivity index (χ4n) is 1.41. The van der Waals surface area contributed by atoms with Gasteiger partial charge in [-0.15, -0.1) is 0 Å². The molecule has 0 amide bonds. The average Bonchev–Trinajstić information content (AvgIpc) is 2.20. The molecule has 1 unspecified atom stereocenters. The van der Waals surface area contributed by atoms with Crippen molar-refractivity contribution in [1.82, 2.24) is 0 Å². The second-order valence-electron chi connectivity index (χ2n) is 4.14. The molecule has 0 aliphatic rings. The van der Waals surface area contributed by atoms with Crippen LogP contribution in [0.1, 0.15) is 19.4 Å². The molecule has 0 aromatic heterocycles. The topological polar surface area (TPSA) is 75.3 Å². The second-order valence-corrected chi connectivity index (χ2v) is 4.14. The summed E-state index contributed by atoms with van der Waals surface area (Å²) in [6.07, 6.45) is 0.358. The van der Waals surface area contributed by atoms with Crippen LogP contribution >= 0.6 is 0 Å². The molecule has 1 aromatic carbocycles. The second kappa shape index (κ2) is 5.51. The Labute approximate surface area is 95.5 Å². The number of rotatable bonds is 5. The van der Waals surface area contributed by atoms with E-state index >= 15 is 0 Å². The maximum absolute atomic E-state index is 10.6. The predicted octanol–water partition coefficient (Wildman–Crippen LogP) is 1.46. The fourth-order valence-corrected chi connectivity index (χ4v) is 1.41. The van der Waals surface area contributed by atoms with E-state index in [1.807, 2.05) is 24.3 Å². The van der Waals surface area contributed by atoms with E-state index in [9.17, 15) is 4.79 Å².